The van der Waals surface area contributed by atoms with Crippen LogP contribution in [0.3, 0.4) is 0 Å². The Balaban J connectivity index is 1.51. The number of hydrogen-bond acceptors (Lipinski definition) is 4. The predicted octanol–water partition coefficient (Wildman–Crippen LogP) is 3.08. The maximum Gasteiger partial charge on any atom is 0.216 e. The number of ether oxygens (including phenoxy) is 2. The summed E-state index contributed by atoms with van der Waals surface area (Å²) in [4.78, 5) is 0. The molecule has 0 radical (unpaired) electrons. The van der Waals surface area contributed by atoms with E-state index < -0.39 is 10.0 Å². The molecule has 0 saturated carbocycles. The molecular formula is C17H24ClNO4S. The molecule has 0 N–H and O–H groups in total. The molecule has 7 heteroatoms. The Morgan fingerprint density at radius 2 is 1.92 bits per heavy atom. The topological polar surface area (TPSA) is 55.8 Å². The van der Waals surface area contributed by atoms with Crippen LogP contribution >= 0.6 is 11.6 Å². The smallest absolute Gasteiger partial charge is 0.216 e. The maximum atomic E-state index is 12.6. The molecule has 2 aliphatic rings. The second kappa shape index (κ2) is 8.04. The molecule has 2 heterocycles. The molecular weight excluding hydrogens is 350 g/mol. The fourth-order valence-electron chi connectivity index (χ4n) is 3.23. The Kier molecular flexibility index (Phi) is 6.02. The minimum atomic E-state index is -3.26. The standard InChI is InChI=1S/C17H24ClNO4S/c18-16-6-1-2-7-17(16)23-14-8-10-19(11-9-14)24(20,21)13-15-5-3-4-12-22-15/h1-2,6-7,14-15H,3-5,8-13H2/t15-/m1/s1. The lowest BCUT2D eigenvalue weighted by molar-refractivity contribution is 0.0296. The van der Waals surface area contributed by atoms with Crippen molar-refractivity contribution in [2.75, 3.05) is 25.4 Å². The van der Waals surface area contributed by atoms with Crippen molar-refractivity contribution >= 4 is 21.6 Å². The number of sulfonamides is 1. The molecule has 24 heavy (non-hydrogen) atoms. The molecule has 0 aromatic heterocycles. The Morgan fingerprint density at radius 3 is 2.58 bits per heavy atom. The summed E-state index contributed by atoms with van der Waals surface area (Å²) in [7, 11) is -3.26. The van der Waals surface area contributed by atoms with Crippen LogP contribution < -0.4 is 4.74 Å². The highest BCUT2D eigenvalue weighted by Crippen LogP contribution is 2.27. The Morgan fingerprint density at radius 1 is 1.17 bits per heavy atom. The van der Waals surface area contributed by atoms with Crippen molar-refractivity contribution < 1.29 is 17.9 Å². The van der Waals surface area contributed by atoms with Gasteiger partial charge in [-0.25, -0.2) is 12.7 Å². The SMILES string of the molecule is O=S(=O)(C[C@H]1CCCCO1)N1CCC(Oc2ccccc2Cl)CC1. The van der Waals surface area contributed by atoms with E-state index in [9.17, 15) is 8.42 Å². The molecule has 0 aliphatic carbocycles. The average molecular weight is 374 g/mol. The van der Waals surface area contributed by atoms with Crippen LogP contribution in [-0.4, -0.2) is 50.4 Å². The van der Waals surface area contributed by atoms with Crippen LogP contribution in [0.2, 0.25) is 5.02 Å². The van der Waals surface area contributed by atoms with E-state index in [-0.39, 0.29) is 18.0 Å². The van der Waals surface area contributed by atoms with E-state index in [1.807, 2.05) is 18.2 Å². The lowest BCUT2D eigenvalue weighted by Gasteiger charge is -2.33. The molecule has 5 nitrogen and oxygen atoms in total. The van der Waals surface area contributed by atoms with Crippen molar-refractivity contribution in [3.8, 4) is 5.75 Å². The molecule has 1 aromatic carbocycles. The van der Waals surface area contributed by atoms with E-state index in [4.69, 9.17) is 21.1 Å². The van der Waals surface area contributed by atoms with Gasteiger partial charge in [0.2, 0.25) is 10.0 Å². The van der Waals surface area contributed by atoms with Crippen LogP contribution in [0, 0.1) is 0 Å². The highest BCUT2D eigenvalue weighted by molar-refractivity contribution is 7.89. The zero-order chi connectivity index (χ0) is 17.0. The van der Waals surface area contributed by atoms with Crippen molar-refractivity contribution in [1.29, 1.82) is 0 Å². The van der Waals surface area contributed by atoms with E-state index in [1.54, 1.807) is 10.4 Å². The fraction of sp³-hybridized carbons (Fsp3) is 0.647. The summed E-state index contributed by atoms with van der Waals surface area (Å²) in [6.07, 6.45) is 4.12. The van der Waals surface area contributed by atoms with Gasteiger partial charge in [0.05, 0.1) is 16.9 Å². The monoisotopic (exact) mass is 373 g/mol. The molecule has 0 bridgehead atoms. The normalized spacial score (nSPS) is 24.0. The highest BCUT2D eigenvalue weighted by Gasteiger charge is 2.31. The molecule has 0 amide bonds. The minimum absolute atomic E-state index is 0.00211. The van der Waals surface area contributed by atoms with Gasteiger partial charge in [0.15, 0.2) is 0 Å². The average Bonchev–Trinajstić information content (AvgIpc) is 2.58. The lowest BCUT2D eigenvalue weighted by Crippen LogP contribution is -2.45. The van der Waals surface area contributed by atoms with E-state index in [0.29, 0.717) is 43.3 Å². The van der Waals surface area contributed by atoms with Crippen LogP contribution in [0.1, 0.15) is 32.1 Å². The van der Waals surface area contributed by atoms with Crippen LogP contribution in [0.25, 0.3) is 0 Å². The van der Waals surface area contributed by atoms with E-state index in [0.717, 1.165) is 19.3 Å². The molecule has 2 saturated heterocycles. The number of benzene rings is 1. The summed E-state index contributed by atoms with van der Waals surface area (Å²) in [5.74, 6) is 0.763. The van der Waals surface area contributed by atoms with Gasteiger partial charge in [0.1, 0.15) is 11.9 Å². The van der Waals surface area contributed by atoms with E-state index in [2.05, 4.69) is 0 Å². The largest absolute Gasteiger partial charge is 0.489 e. The zero-order valence-electron chi connectivity index (χ0n) is 13.7. The second-order valence-electron chi connectivity index (χ2n) is 6.41. The van der Waals surface area contributed by atoms with Gasteiger partial charge in [-0.15, -0.1) is 0 Å². The number of nitrogens with zero attached hydrogens (tertiary/aromatic N) is 1. The lowest BCUT2D eigenvalue weighted by atomic mass is 10.1. The molecule has 1 atom stereocenters. The van der Waals surface area contributed by atoms with Gasteiger partial charge in [-0.3, -0.25) is 0 Å². The van der Waals surface area contributed by atoms with Gasteiger partial charge in [0, 0.05) is 19.7 Å². The number of hydrogen-bond donors (Lipinski definition) is 0. The summed E-state index contributed by atoms with van der Waals surface area (Å²) in [6.45, 7) is 1.66. The zero-order valence-corrected chi connectivity index (χ0v) is 15.3. The Bertz CT molecular complexity index is 638. The first-order valence-electron chi connectivity index (χ1n) is 8.55. The van der Waals surface area contributed by atoms with Crippen LogP contribution in [0.5, 0.6) is 5.75 Å². The first kappa shape index (κ1) is 18.0. The van der Waals surface area contributed by atoms with Gasteiger partial charge in [-0.05, 0) is 44.2 Å². The van der Waals surface area contributed by atoms with Gasteiger partial charge >= 0.3 is 0 Å². The van der Waals surface area contributed by atoms with E-state index in [1.165, 1.54) is 0 Å². The Hall–Kier alpha value is -0.820. The third-order valence-electron chi connectivity index (χ3n) is 4.60. The molecule has 134 valence electrons. The molecule has 3 rings (SSSR count). The van der Waals surface area contributed by atoms with Gasteiger partial charge in [0.25, 0.3) is 0 Å². The first-order valence-corrected chi connectivity index (χ1v) is 10.5. The van der Waals surface area contributed by atoms with Gasteiger partial charge in [-0.1, -0.05) is 23.7 Å². The third kappa shape index (κ3) is 4.63. The summed E-state index contributed by atoms with van der Waals surface area (Å²) in [5, 5.41) is 0.585. The van der Waals surface area contributed by atoms with Crippen molar-refractivity contribution in [2.24, 2.45) is 0 Å². The number of rotatable bonds is 5. The Labute approximate surface area is 148 Å². The fourth-order valence-corrected chi connectivity index (χ4v) is 5.12. The number of para-hydroxylation sites is 1. The number of piperidine rings is 1. The quantitative estimate of drug-likeness (QED) is 0.795. The highest BCUT2D eigenvalue weighted by atomic mass is 35.5. The predicted molar refractivity (Wildman–Crippen MR) is 94.1 cm³/mol. The minimum Gasteiger partial charge on any atom is -0.489 e. The van der Waals surface area contributed by atoms with Crippen molar-refractivity contribution in [1.82, 2.24) is 4.31 Å². The summed E-state index contributed by atoms with van der Waals surface area (Å²) in [5.41, 5.74) is 0. The maximum absolute atomic E-state index is 12.6. The van der Waals surface area contributed by atoms with Crippen molar-refractivity contribution in [3.63, 3.8) is 0 Å². The van der Waals surface area contributed by atoms with E-state index >= 15 is 0 Å². The summed E-state index contributed by atoms with van der Waals surface area (Å²) in [6, 6.07) is 7.37. The second-order valence-corrected chi connectivity index (χ2v) is 8.83. The molecule has 0 spiro atoms. The molecule has 2 aliphatic heterocycles. The molecule has 0 unspecified atom stereocenters. The first-order chi connectivity index (χ1) is 11.5. The van der Waals surface area contributed by atoms with Crippen LogP contribution in [-0.2, 0) is 14.8 Å². The summed E-state index contributed by atoms with van der Waals surface area (Å²) < 4.78 is 38.2. The van der Waals surface area contributed by atoms with Crippen molar-refractivity contribution in [3.05, 3.63) is 29.3 Å². The third-order valence-corrected chi connectivity index (χ3v) is 6.85. The van der Waals surface area contributed by atoms with Crippen molar-refractivity contribution in [2.45, 2.75) is 44.3 Å². The van der Waals surface area contributed by atoms with Gasteiger partial charge < -0.3 is 9.47 Å². The van der Waals surface area contributed by atoms with Gasteiger partial charge in [-0.2, -0.15) is 0 Å². The van der Waals surface area contributed by atoms with Crippen LogP contribution in [0.4, 0.5) is 0 Å². The molecule has 2 fully saturated rings. The number of halogens is 1. The molecule has 1 aromatic rings. The van der Waals surface area contributed by atoms with Crippen LogP contribution in [0.15, 0.2) is 24.3 Å². The summed E-state index contributed by atoms with van der Waals surface area (Å²) >= 11 is 6.11.